The highest BCUT2D eigenvalue weighted by atomic mass is 35.5. The molecule has 1 aliphatic rings. The van der Waals surface area contributed by atoms with Gasteiger partial charge in [-0.05, 0) is 37.8 Å². The van der Waals surface area contributed by atoms with Gasteiger partial charge in [-0.3, -0.25) is 9.48 Å². The van der Waals surface area contributed by atoms with E-state index in [2.05, 4.69) is 15.6 Å². The smallest absolute Gasteiger partial charge is 0.279 e. The Bertz CT molecular complexity index is 1030. The third-order valence-electron chi connectivity index (χ3n) is 4.62. The van der Waals surface area contributed by atoms with Crippen molar-refractivity contribution in [3.05, 3.63) is 41.0 Å². The summed E-state index contributed by atoms with van der Waals surface area (Å²) in [7, 11) is -1.75. The fourth-order valence-electron chi connectivity index (χ4n) is 3.13. The van der Waals surface area contributed by atoms with Crippen LogP contribution >= 0.6 is 11.6 Å². The summed E-state index contributed by atoms with van der Waals surface area (Å²) in [6.45, 7) is 0. The lowest BCUT2D eigenvalue weighted by Gasteiger charge is -2.20. The molecule has 1 aromatic heterocycles. The second-order valence-electron chi connectivity index (χ2n) is 7.05. The topological polar surface area (TPSA) is 103 Å². The van der Waals surface area contributed by atoms with Gasteiger partial charge in [0, 0.05) is 31.1 Å². The molecule has 0 saturated heterocycles. The largest absolute Gasteiger partial charge is 0.392 e. The second-order valence-corrected chi connectivity index (χ2v) is 9.44. The van der Waals surface area contributed by atoms with E-state index in [1.807, 2.05) is 0 Å². The van der Waals surface area contributed by atoms with E-state index in [1.165, 1.54) is 24.6 Å². The molecule has 3 rings (SSSR count). The number of carbonyl (C=O) groups is 1. The van der Waals surface area contributed by atoms with Crippen molar-refractivity contribution >= 4 is 38.9 Å². The number of hydrogen-bond acceptors (Lipinski definition) is 6. The molecule has 1 aliphatic carbocycles. The zero-order chi connectivity index (χ0) is 21.0. The number of sulfone groups is 1. The average molecular weight is 439 g/mol. The van der Waals surface area contributed by atoms with E-state index in [4.69, 9.17) is 16.4 Å². The predicted octanol–water partition coefficient (Wildman–Crippen LogP) is 3.17. The highest BCUT2D eigenvalue weighted by Gasteiger charge is 2.22. The van der Waals surface area contributed by atoms with E-state index in [1.54, 1.807) is 24.0 Å². The number of nitrogens with zero attached hydrogens (tertiary/aromatic N) is 3. The Morgan fingerprint density at radius 2 is 2.00 bits per heavy atom. The SMILES string of the molecule is Cn1ccc(NC(=O)/C(=N/OC2CCCCC2)c2ccc(S(C)(=O)=O)c(Cl)c2)n1. The normalized spacial score (nSPS) is 15.9. The van der Waals surface area contributed by atoms with Gasteiger partial charge in [0.2, 0.25) is 0 Å². The molecule has 2 aromatic rings. The van der Waals surface area contributed by atoms with Gasteiger partial charge in [0.05, 0.1) is 9.92 Å². The van der Waals surface area contributed by atoms with Crippen LogP contribution in [0.5, 0.6) is 0 Å². The minimum absolute atomic E-state index is 0.00294. The zero-order valence-corrected chi connectivity index (χ0v) is 17.8. The molecule has 0 bridgehead atoms. The molecule has 8 nitrogen and oxygen atoms in total. The predicted molar refractivity (Wildman–Crippen MR) is 111 cm³/mol. The first-order chi connectivity index (χ1) is 13.7. The van der Waals surface area contributed by atoms with Crippen LogP contribution in [0.25, 0.3) is 0 Å². The monoisotopic (exact) mass is 438 g/mol. The first-order valence-electron chi connectivity index (χ1n) is 9.29. The Balaban J connectivity index is 1.91. The number of nitrogens with one attached hydrogen (secondary N) is 1. The van der Waals surface area contributed by atoms with Crippen LogP contribution in [0.2, 0.25) is 5.02 Å². The van der Waals surface area contributed by atoms with Crippen molar-refractivity contribution < 1.29 is 18.0 Å². The van der Waals surface area contributed by atoms with Crippen LogP contribution in [0.4, 0.5) is 5.82 Å². The van der Waals surface area contributed by atoms with E-state index in [0.29, 0.717) is 11.4 Å². The van der Waals surface area contributed by atoms with Crippen molar-refractivity contribution in [3.63, 3.8) is 0 Å². The number of halogens is 1. The fourth-order valence-corrected chi connectivity index (χ4v) is 4.46. The van der Waals surface area contributed by atoms with Gasteiger partial charge in [-0.15, -0.1) is 0 Å². The summed E-state index contributed by atoms with van der Waals surface area (Å²) >= 11 is 6.15. The first-order valence-corrected chi connectivity index (χ1v) is 11.6. The molecule has 0 radical (unpaired) electrons. The van der Waals surface area contributed by atoms with Crippen molar-refractivity contribution in [2.45, 2.75) is 43.1 Å². The van der Waals surface area contributed by atoms with Gasteiger partial charge in [-0.1, -0.05) is 29.2 Å². The third kappa shape index (κ3) is 5.57. The van der Waals surface area contributed by atoms with Crippen molar-refractivity contribution in [1.29, 1.82) is 0 Å². The number of amides is 1. The van der Waals surface area contributed by atoms with Gasteiger partial charge in [-0.25, -0.2) is 8.42 Å². The van der Waals surface area contributed by atoms with Crippen LogP contribution in [0, 0.1) is 0 Å². The zero-order valence-electron chi connectivity index (χ0n) is 16.3. The number of benzene rings is 1. The molecule has 1 amide bonds. The number of aryl methyl sites for hydroxylation is 1. The van der Waals surface area contributed by atoms with Crippen molar-refractivity contribution in [2.24, 2.45) is 12.2 Å². The number of hydrogen-bond donors (Lipinski definition) is 1. The van der Waals surface area contributed by atoms with Gasteiger partial charge >= 0.3 is 0 Å². The number of carbonyl (C=O) groups excluding carboxylic acids is 1. The van der Waals surface area contributed by atoms with E-state index < -0.39 is 15.7 Å². The summed E-state index contributed by atoms with van der Waals surface area (Å²) in [5, 5.41) is 10.9. The van der Waals surface area contributed by atoms with Crippen LogP contribution in [-0.4, -0.2) is 42.2 Å². The third-order valence-corrected chi connectivity index (χ3v) is 6.20. The quantitative estimate of drug-likeness (QED) is 0.551. The van der Waals surface area contributed by atoms with Crippen LogP contribution < -0.4 is 5.32 Å². The highest BCUT2D eigenvalue weighted by Crippen LogP contribution is 2.24. The van der Waals surface area contributed by atoms with Gasteiger partial charge in [-0.2, -0.15) is 5.10 Å². The summed E-state index contributed by atoms with van der Waals surface area (Å²) in [5.74, 6) is -0.163. The molecule has 1 fully saturated rings. The molecule has 156 valence electrons. The maximum absolute atomic E-state index is 12.9. The molecule has 0 unspecified atom stereocenters. The molecule has 1 aromatic carbocycles. The van der Waals surface area contributed by atoms with Crippen molar-refractivity contribution in [3.8, 4) is 0 Å². The lowest BCUT2D eigenvalue weighted by atomic mass is 9.98. The van der Waals surface area contributed by atoms with E-state index in [-0.39, 0.29) is 21.7 Å². The Hall–Kier alpha value is -2.39. The molecular weight excluding hydrogens is 416 g/mol. The summed E-state index contributed by atoms with van der Waals surface area (Å²) in [6, 6.07) is 5.90. The first kappa shape index (κ1) is 21.3. The van der Waals surface area contributed by atoms with Crippen molar-refractivity contribution in [2.75, 3.05) is 11.6 Å². The Labute approximate surface area is 174 Å². The Kier molecular flexibility index (Phi) is 6.59. The molecule has 1 heterocycles. The summed E-state index contributed by atoms with van der Waals surface area (Å²) in [6.07, 6.45) is 7.77. The molecule has 0 atom stereocenters. The minimum atomic E-state index is -3.49. The molecule has 0 aliphatic heterocycles. The van der Waals surface area contributed by atoms with Crippen LogP contribution in [0.1, 0.15) is 37.7 Å². The molecular formula is C19H23ClN4O4S. The summed E-state index contributed by atoms with van der Waals surface area (Å²) in [4.78, 5) is 18.5. The molecule has 29 heavy (non-hydrogen) atoms. The van der Waals surface area contributed by atoms with Gasteiger partial charge in [0.1, 0.15) is 6.10 Å². The average Bonchev–Trinajstić information content (AvgIpc) is 3.06. The van der Waals surface area contributed by atoms with Gasteiger partial charge in [0.15, 0.2) is 21.4 Å². The molecule has 1 N–H and O–H groups in total. The maximum Gasteiger partial charge on any atom is 0.279 e. The number of oxime groups is 1. The Morgan fingerprint density at radius 3 is 2.59 bits per heavy atom. The lowest BCUT2D eigenvalue weighted by Crippen LogP contribution is -2.26. The van der Waals surface area contributed by atoms with Gasteiger partial charge in [0.25, 0.3) is 5.91 Å². The second kappa shape index (κ2) is 8.96. The molecule has 0 spiro atoms. The number of anilines is 1. The molecule has 10 heteroatoms. The van der Waals surface area contributed by atoms with Crippen LogP contribution in [0.15, 0.2) is 40.5 Å². The highest BCUT2D eigenvalue weighted by molar-refractivity contribution is 7.90. The van der Waals surface area contributed by atoms with Crippen molar-refractivity contribution in [1.82, 2.24) is 9.78 Å². The lowest BCUT2D eigenvalue weighted by molar-refractivity contribution is -0.110. The van der Waals surface area contributed by atoms with E-state index in [0.717, 1.165) is 31.9 Å². The molecule has 1 saturated carbocycles. The van der Waals surface area contributed by atoms with Crippen LogP contribution in [0.3, 0.4) is 0 Å². The maximum atomic E-state index is 12.9. The summed E-state index contributed by atoms with van der Waals surface area (Å²) in [5.41, 5.74) is 0.356. The van der Waals surface area contributed by atoms with E-state index in [9.17, 15) is 13.2 Å². The van der Waals surface area contributed by atoms with Crippen LogP contribution in [-0.2, 0) is 26.5 Å². The number of rotatable bonds is 6. The summed E-state index contributed by atoms with van der Waals surface area (Å²) < 4.78 is 25.2. The standard InChI is InChI=1S/C19H23ClN4O4S/c1-24-11-10-17(22-24)21-19(25)18(23-28-14-6-4-3-5-7-14)13-8-9-16(15(20)12-13)29(2,26)27/h8-12,14H,3-7H2,1-2H3,(H,21,22,25)/b23-18+. The van der Waals surface area contributed by atoms with Gasteiger partial charge < -0.3 is 10.2 Å². The minimum Gasteiger partial charge on any atom is -0.392 e. The fraction of sp³-hybridized carbons (Fsp3) is 0.421. The number of aromatic nitrogens is 2. The Morgan fingerprint density at radius 1 is 1.28 bits per heavy atom. The van der Waals surface area contributed by atoms with E-state index >= 15 is 0 Å².